The third kappa shape index (κ3) is 5.89. The molecule has 2 rings (SSSR count). The van der Waals surface area contributed by atoms with Gasteiger partial charge in [-0.25, -0.2) is 0 Å². The Morgan fingerprint density at radius 3 is 2.62 bits per heavy atom. The Hall–Kier alpha value is -2.31. The Morgan fingerprint density at radius 1 is 1.23 bits per heavy atom. The number of methoxy groups -OCH3 is 1. The third-order valence-corrected chi connectivity index (χ3v) is 4.37. The van der Waals surface area contributed by atoms with E-state index in [0.29, 0.717) is 24.6 Å². The Balaban J connectivity index is 1.99. The van der Waals surface area contributed by atoms with Crippen molar-refractivity contribution in [1.29, 1.82) is 0 Å². The Labute approximate surface area is 162 Å². The van der Waals surface area contributed by atoms with Gasteiger partial charge in [-0.3, -0.25) is 4.79 Å². The second-order valence-corrected chi connectivity index (χ2v) is 6.57. The molecule has 0 unspecified atom stereocenters. The van der Waals surface area contributed by atoms with Crippen LogP contribution in [-0.2, 0) is 11.3 Å². The summed E-state index contributed by atoms with van der Waals surface area (Å²) in [5, 5.41) is 6.04. The molecule has 26 heavy (non-hydrogen) atoms. The van der Waals surface area contributed by atoms with Crippen LogP contribution in [0.25, 0.3) is 0 Å². The van der Waals surface area contributed by atoms with Gasteiger partial charge in [-0.15, -0.1) is 6.58 Å². The number of amides is 1. The number of anilines is 1. The molecule has 6 heteroatoms. The largest absolute Gasteiger partial charge is 0.493 e. The molecule has 5 nitrogen and oxygen atoms in total. The van der Waals surface area contributed by atoms with Crippen LogP contribution >= 0.6 is 15.9 Å². The molecule has 0 aromatic heterocycles. The van der Waals surface area contributed by atoms with E-state index in [2.05, 4.69) is 33.1 Å². The highest BCUT2D eigenvalue weighted by molar-refractivity contribution is 9.10. The summed E-state index contributed by atoms with van der Waals surface area (Å²) in [5.41, 5.74) is 2.90. The molecule has 1 amide bonds. The van der Waals surface area contributed by atoms with Crippen LogP contribution in [0.4, 0.5) is 5.69 Å². The molecule has 2 N–H and O–H groups in total. The molecular formula is C20H23BrN2O3. The highest BCUT2D eigenvalue weighted by Gasteiger charge is 2.12. The lowest BCUT2D eigenvalue weighted by molar-refractivity contribution is -0.118. The predicted octanol–water partition coefficient (Wildman–Crippen LogP) is 4.06. The van der Waals surface area contributed by atoms with E-state index < -0.39 is 0 Å². The number of rotatable bonds is 9. The second-order valence-electron chi connectivity index (χ2n) is 5.72. The maximum Gasteiger partial charge on any atom is 0.262 e. The summed E-state index contributed by atoms with van der Waals surface area (Å²) in [4.78, 5) is 12.1. The Morgan fingerprint density at radius 2 is 1.96 bits per heavy atom. The summed E-state index contributed by atoms with van der Waals surface area (Å²) in [6, 6.07) is 11.3. The van der Waals surface area contributed by atoms with E-state index in [1.807, 2.05) is 43.3 Å². The standard InChI is InChI=1S/C20H23BrN2O3/c1-4-9-22-12-15-10-18(25-3)19(11-17(15)21)26-13-20(24)23-16-7-5-14(2)6-8-16/h4-8,10-11,22H,1,9,12-13H2,2-3H3,(H,23,24). The van der Waals surface area contributed by atoms with Gasteiger partial charge in [0.25, 0.3) is 5.91 Å². The number of halogens is 1. The molecule has 2 aromatic carbocycles. The van der Waals surface area contributed by atoms with Gasteiger partial charge < -0.3 is 20.1 Å². The van der Waals surface area contributed by atoms with E-state index in [0.717, 1.165) is 21.3 Å². The van der Waals surface area contributed by atoms with Crippen molar-refractivity contribution in [2.75, 3.05) is 25.6 Å². The van der Waals surface area contributed by atoms with Gasteiger partial charge >= 0.3 is 0 Å². The van der Waals surface area contributed by atoms with Crippen LogP contribution in [0.3, 0.4) is 0 Å². The maximum atomic E-state index is 12.1. The van der Waals surface area contributed by atoms with Crippen LogP contribution in [-0.4, -0.2) is 26.2 Å². The van der Waals surface area contributed by atoms with E-state index in [1.165, 1.54) is 0 Å². The lowest BCUT2D eigenvalue weighted by Gasteiger charge is -2.14. The zero-order chi connectivity index (χ0) is 18.9. The van der Waals surface area contributed by atoms with Crippen molar-refractivity contribution in [2.24, 2.45) is 0 Å². The molecule has 0 fully saturated rings. The van der Waals surface area contributed by atoms with E-state index in [4.69, 9.17) is 9.47 Å². The minimum absolute atomic E-state index is 0.106. The Bertz CT molecular complexity index is 760. The molecule has 0 aliphatic heterocycles. The van der Waals surface area contributed by atoms with Crippen LogP contribution in [0.2, 0.25) is 0 Å². The van der Waals surface area contributed by atoms with Gasteiger partial charge in [-0.05, 0) is 36.8 Å². The summed E-state index contributed by atoms with van der Waals surface area (Å²) < 4.78 is 11.9. The molecule has 0 atom stereocenters. The minimum Gasteiger partial charge on any atom is -0.493 e. The van der Waals surface area contributed by atoms with Gasteiger partial charge in [0.1, 0.15) is 0 Å². The maximum absolute atomic E-state index is 12.1. The van der Waals surface area contributed by atoms with Crippen molar-refractivity contribution in [3.8, 4) is 11.5 Å². The van der Waals surface area contributed by atoms with Crippen LogP contribution in [0.5, 0.6) is 11.5 Å². The van der Waals surface area contributed by atoms with Crippen molar-refractivity contribution in [2.45, 2.75) is 13.5 Å². The first-order valence-corrected chi connectivity index (χ1v) is 9.00. The molecular weight excluding hydrogens is 396 g/mol. The number of benzene rings is 2. The predicted molar refractivity (Wildman–Crippen MR) is 108 cm³/mol. The molecule has 0 saturated heterocycles. The van der Waals surface area contributed by atoms with Crippen molar-refractivity contribution in [3.05, 3.63) is 64.7 Å². The normalized spacial score (nSPS) is 10.3. The summed E-state index contributed by atoms with van der Waals surface area (Å²) in [6.45, 7) is 6.95. The fourth-order valence-corrected chi connectivity index (χ4v) is 2.73. The van der Waals surface area contributed by atoms with Gasteiger partial charge in [0.2, 0.25) is 0 Å². The Kier molecular flexibility index (Phi) is 7.69. The number of hydrogen-bond donors (Lipinski definition) is 2. The number of carbonyl (C=O) groups is 1. The smallest absolute Gasteiger partial charge is 0.262 e. The molecule has 2 aromatic rings. The summed E-state index contributed by atoms with van der Waals surface area (Å²) >= 11 is 3.53. The highest BCUT2D eigenvalue weighted by Crippen LogP contribution is 2.33. The first kappa shape index (κ1) is 20.0. The fourth-order valence-electron chi connectivity index (χ4n) is 2.27. The first-order valence-electron chi connectivity index (χ1n) is 8.21. The van der Waals surface area contributed by atoms with Gasteiger partial charge in [-0.1, -0.05) is 39.7 Å². The van der Waals surface area contributed by atoms with Crippen molar-refractivity contribution in [1.82, 2.24) is 5.32 Å². The molecule has 0 saturated carbocycles. The van der Waals surface area contributed by atoms with Gasteiger partial charge in [0, 0.05) is 23.2 Å². The van der Waals surface area contributed by atoms with Gasteiger partial charge in [-0.2, -0.15) is 0 Å². The van der Waals surface area contributed by atoms with Crippen LogP contribution in [0.1, 0.15) is 11.1 Å². The molecule has 0 radical (unpaired) electrons. The molecule has 0 bridgehead atoms. The third-order valence-electron chi connectivity index (χ3n) is 3.63. The van der Waals surface area contributed by atoms with Crippen molar-refractivity contribution < 1.29 is 14.3 Å². The molecule has 0 aliphatic carbocycles. The highest BCUT2D eigenvalue weighted by atomic mass is 79.9. The first-order chi connectivity index (χ1) is 12.5. The van der Waals surface area contributed by atoms with Gasteiger partial charge in [0.05, 0.1) is 7.11 Å². The fraction of sp³-hybridized carbons (Fsp3) is 0.250. The van der Waals surface area contributed by atoms with Crippen LogP contribution < -0.4 is 20.1 Å². The lowest BCUT2D eigenvalue weighted by atomic mass is 10.2. The van der Waals surface area contributed by atoms with E-state index in [-0.39, 0.29) is 12.5 Å². The average molecular weight is 419 g/mol. The number of aryl methyl sites for hydroxylation is 1. The van der Waals surface area contributed by atoms with Crippen molar-refractivity contribution in [3.63, 3.8) is 0 Å². The quantitative estimate of drug-likeness (QED) is 0.476. The summed E-state index contributed by atoms with van der Waals surface area (Å²) in [6.07, 6.45) is 1.80. The zero-order valence-corrected chi connectivity index (χ0v) is 16.6. The SMILES string of the molecule is C=CCNCc1cc(OC)c(OCC(=O)Nc2ccc(C)cc2)cc1Br. The number of nitrogens with one attached hydrogen (secondary N) is 2. The summed E-state index contributed by atoms with van der Waals surface area (Å²) in [5.74, 6) is 0.849. The monoisotopic (exact) mass is 418 g/mol. The summed E-state index contributed by atoms with van der Waals surface area (Å²) in [7, 11) is 1.57. The zero-order valence-electron chi connectivity index (χ0n) is 15.0. The molecule has 0 spiro atoms. The molecule has 0 aliphatic rings. The van der Waals surface area contributed by atoms with E-state index in [9.17, 15) is 4.79 Å². The molecule has 0 heterocycles. The topological polar surface area (TPSA) is 59.6 Å². The van der Waals surface area contributed by atoms with Crippen molar-refractivity contribution >= 4 is 27.5 Å². The van der Waals surface area contributed by atoms with Gasteiger partial charge in [0.15, 0.2) is 18.1 Å². The minimum atomic E-state index is -0.233. The van der Waals surface area contributed by atoms with Crippen LogP contribution in [0, 0.1) is 6.92 Å². The van der Waals surface area contributed by atoms with Crippen LogP contribution in [0.15, 0.2) is 53.5 Å². The number of ether oxygens (including phenoxy) is 2. The van der Waals surface area contributed by atoms with E-state index >= 15 is 0 Å². The second kappa shape index (κ2) is 9.99. The lowest BCUT2D eigenvalue weighted by Crippen LogP contribution is -2.20. The number of carbonyl (C=O) groups excluding carboxylic acids is 1. The molecule has 138 valence electrons. The average Bonchev–Trinajstić information content (AvgIpc) is 2.63. The van der Waals surface area contributed by atoms with E-state index in [1.54, 1.807) is 13.2 Å². The number of hydrogen-bond acceptors (Lipinski definition) is 4.